The molecule has 1 fully saturated rings. The van der Waals surface area contributed by atoms with Gasteiger partial charge in [-0.25, -0.2) is 9.97 Å². The zero-order valence-electron chi connectivity index (χ0n) is 15.8. The molecule has 1 atom stereocenters. The lowest BCUT2D eigenvalue weighted by atomic mass is 9.90. The first-order valence-electron chi connectivity index (χ1n) is 10.2. The third-order valence-corrected chi connectivity index (χ3v) is 5.78. The van der Waals surface area contributed by atoms with E-state index in [2.05, 4.69) is 40.5 Å². The van der Waals surface area contributed by atoms with Gasteiger partial charge in [0.1, 0.15) is 0 Å². The van der Waals surface area contributed by atoms with E-state index in [1.807, 2.05) is 18.2 Å². The molecule has 2 aliphatic rings. The van der Waals surface area contributed by atoms with Crippen LogP contribution in [0.3, 0.4) is 0 Å². The fraction of sp³-hybridized carbons (Fsp3) is 0.545. The van der Waals surface area contributed by atoms with Crippen LogP contribution in [0.1, 0.15) is 56.3 Å². The van der Waals surface area contributed by atoms with E-state index >= 15 is 0 Å². The molecule has 1 N–H and O–H groups in total. The van der Waals surface area contributed by atoms with Gasteiger partial charge in [0.15, 0.2) is 5.82 Å². The average Bonchev–Trinajstić information content (AvgIpc) is 2.70. The summed E-state index contributed by atoms with van der Waals surface area (Å²) in [6, 6.07) is 11.4. The number of piperidine rings is 1. The van der Waals surface area contributed by atoms with E-state index in [-0.39, 0.29) is 0 Å². The smallest absolute Gasteiger partial charge is 0.159 e. The number of benzene rings is 1. The van der Waals surface area contributed by atoms with Crippen molar-refractivity contribution >= 4 is 0 Å². The van der Waals surface area contributed by atoms with Gasteiger partial charge in [0.25, 0.3) is 0 Å². The van der Waals surface area contributed by atoms with Crippen molar-refractivity contribution in [1.82, 2.24) is 20.2 Å². The van der Waals surface area contributed by atoms with Gasteiger partial charge in [-0.05, 0) is 58.2 Å². The number of aromatic nitrogens is 2. The summed E-state index contributed by atoms with van der Waals surface area (Å²) in [7, 11) is 0. The highest BCUT2D eigenvalue weighted by Crippen LogP contribution is 2.30. The molecule has 2 aromatic rings. The standard InChI is InChI=1S/C22H30N4/c1-2-13-26-14-11-18(12-15-26)24-20-9-6-10-21-19(20)16-23-22(25-21)17-7-4-3-5-8-17/h3-5,7-8,16,18,20,24H,2,6,9-15H2,1H3. The van der Waals surface area contributed by atoms with Crippen LogP contribution in [0.15, 0.2) is 36.5 Å². The van der Waals surface area contributed by atoms with Gasteiger partial charge in [-0.3, -0.25) is 0 Å². The number of rotatable bonds is 5. The van der Waals surface area contributed by atoms with Crippen LogP contribution < -0.4 is 5.32 Å². The Kier molecular flexibility index (Phi) is 5.61. The number of nitrogens with one attached hydrogen (secondary N) is 1. The maximum Gasteiger partial charge on any atom is 0.159 e. The summed E-state index contributed by atoms with van der Waals surface area (Å²) in [4.78, 5) is 12.2. The van der Waals surface area contributed by atoms with Crippen LogP contribution in [-0.4, -0.2) is 40.5 Å². The van der Waals surface area contributed by atoms with Crippen LogP contribution in [0.25, 0.3) is 11.4 Å². The van der Waals surface area contributed by atoms with Gasteiger partial charge < -0.3 is 10.2 Å². The first kappa shape index (κ1) is 17.6. The molecule has 4 nitrogen and oxygen atoms in total. The lowest BCUT2D eigenvalue weighted by molar-refractivity contribution is 0.188. The van der Waals surface area contributed by atoms with E-state index in [4.69, 9.17) is 4.98 Å². The van der Waals surface area contributed by atoms with Crippen molar-refractivity contribution in [2.45, 2.75) is 57.5 Å². The molecular weight excluding hydrogens is 320 g/mol. The van der Waals surface area contributed by atoms with Crippen molar-refractivity contribution in [3.05, 3.63) is 47.8 Å². The quantitative estimate of drug-likeness (QED) is 0.885. The first-order chi connectivity index (χ1) is 12.8. The van der Waals surface area contributed by atoms with Crippen molar-refractivity contribution in [2.24, 2.45) is 0 Å². The number of nitrogens with zero attached hydrogens (tertiary/aromatic N) is 3. The summed E-state index contributed by atoms with van der Waals surface area (Å²) in [5.41, 5.74) is 3.67. The van der Waals surface area contributed by atoms with E-state index in [0.717, 1.165) is 17.8 Å². The Morgan fingerprint density at radius 2 is 1.92 bits per heavy atom. The second-order valence-corrected chi connectivity index (χ2v) is 7.69. The van der Waals surface area contributed by atoms with Gasteiger partial charge in [-0.2, -0.15) is 0 Å². The Morgan fingerprint density at radius 1 is 1.12 bits per heavy atom. The molecule has 4 heteroatoms. The summed E-state index contributed by atoms with van der Waals surface area (Å²) in [5.74, 6) is 0.859. The van der Waals surface area contributed by atoms with E-state index in [9.17, 15) is 0 Å². The summed E-state index contributed by atoms with van der Waals surface area (Å²) < 4.78 is 0. The molecule has 1 aromatic heterocycles. The van der Waals surface area contributed by atoms with E-state index in [1.54, 1.807) is 0 Å². The number of fused-ring (bicyclic) bond motifs is 1. The molecule has 0 radical (unpaired) electrons. The normalized spacial score (nSPS) is 21.5. The monoisotopic (exact) mass is 350 g/mol. The third-order valence-electron chi connectivity index (χ3n) is 5.78. The van der Waals surface area contributed by atoms with Crippen molar-refractivity contribution in [3.8, 4) is 11.4 Å². The molecule has 0 bridgehead atoms. The third kappa shape index (κ3) is 3.97. The number of hydrogen-bond acceptors (Lipinski definition) is 4. The van der Waals surface area contributed by atoms with Crippen LogP contribution in [0.5, 0.6) is 0 Å². The summed E-state index contributed by atoms with van der Waals surface area (Å²) in [6.07, 6.45) is 9.35. The Bertz CT molecular complexity index is 707. The van der Waals surface area contributed by atoms with E-state index in [0.29, 0.717) is 12.1 Å². The molecule has 1 aliphatic carbocycles. The van der Waals surface area contributed by atoms with Gasteiger partial charge in [-0.15, -0.1) is 0 Å². The van der Waals surface area contributed by atoms with Crippen molar-refractivity contribution in [3.63, 3.8) is 0 Å². The molecule has 1 aromatic carbocycles. The van der Waals surface area contributed by atoms with Gasteiger partial charge in [0.05, 0.1) is 0 Å². The van der Waals surface area contributed by atoms with Crippen molar-refractivity contribution < 1.29 is 0 Å². The topological polar surface area (TPSA) is 41.0 Å². The van der Waals surface area contributed by atoms with Crippen LogP contribution in [-0.2, 0) is 6.42 Å². The Labute approximate surface area is 157 Å². The molecule has 1 unspecified atom stereocenters. The summed E-state index contributed by atoms with van der Waals surface area (Å²) in [6.45, 7) is 5.98. The van der Waals surface area contributed by atoms with Crippen molar-refractivity contribution in [1.29, 1.82) is 0 Å². The molecule has 138 valence electrons. The lowest BCUT2D eigenvalue weighted by Gasteiger charge is -2.36. The molecule has 26 heavy (non-hydrogen) atoms. The van der Waals surface area contributed by atoms with E-state index < -0.39 is 0 Å². The average molecular weight is 351 g/mol. The molecule has 2 heterocycles. The zero-order chi connectivity index (χ0) is 17.8. The predicted molar refractivity (Wildman–Crippen MR) is 106 cm³/mol. The fourth-order valence-electron chi connectivity index (χ4n) is 4.37. The van der Waals surface area contributed by atoms with Gasteiger partial charge in [0.2, 0.25) is 0 Å². The SMILES string of the molecule is CCCN1CCC(NC2CCCc3nc(-c4ccccc4)ncc32)CC1. The summed E-state index contributed by atoms with van der Waals surface area (Å²) >= 11 is 0. The molecule has 4 rings (SSSR count). The van der Waals surface area contributed by atoms with Crippen molar-refractivity contribution in [2.75, 3.05) is 19.6 Å². The predicted octanol–water partition coefficient (Wildman–Crippen LogP) is 3.99. The van der Waals surface area contributed by atoms with Gasteiger partial charge in [-0.1, -0.05) is 37.3 Å². The van der Waals surface area contributed by atoms with Gasteiger partial charge in [0, 0.05) is 35.1 Å². The van der Waals surface area contributed by atoms with Crippen LogP contribution in [0.4, 0.5) is 0 Å². The number of hydrogen-bond donors (Lipinski definition) is 1. The molecule has 1 saturated heterocycles. The van der Waals surface area contributed by atoms with Crippen LogP contribution >= 0.6 is 0 Å². The number of aryl methyl sites for hydroxylation is 1. The van der Waals surface area contributed by atoms with Crippen LogP contribution in [0, 0.1) is 0 Å². The highest BCUT2D eigenvalue weighted by Gasteiger charge is 2.26. The molecular formula is C22H30N4. The van der Waals surface area contributed by atoms with Crippen LogP contribution in [0.2, 0.25) is 0 Å². The number of likely N-dealkylation sites (tertiary alicyclic amines) is 1. The fourth-order valence-corrected chi connectivity index (χ4v) is 4.37. The first-order valence-corrected chi connectivity index (χ1v) is 10.2. The summed E-state index contributed by atoms with van der Waals surface area (Å²) in [5, 5.41) is 3.93. The zero-order valence-corrected chi connectivity index (χ0v) is 15.8. The maximum absolute atomic E-state index is 4.90. The Morgan fingerprint density at radius 3 is 2.69 bits per heavy atom. The molecule has 0 saturated carbocycles. The highest BCUT2D eigenvalue weighted by atomic mass is 15.1. The highest BCUT2D eigenvalue weighted by molar-refractivity contribution is 5.55. The van der Waals surface area contributed by atoms with E-state index in [1.165, 1.54) is 63.0 Å². The minimum Gasteiger partial charge on any atom is -0.307 e. The molecule has 0 amide bonds. The Balaban J connectivity index is 1.44. The second kappa shape index (κ2) is 8.28. The largest absolute Gasteiger partial charge is 0.307 e. The minimum atomic E-state index is 0.422. The second-order valence-electron chi connectivity index (χ2n) is 7.69. The molecule has 1 aliphatic heterocycles. The minimum absolute atomic E-state index is 0.422. The molecule has 0 spiro atoms. The lowest BCUT2D eigenvalue weighted by Crippen LogP contribution is -2.44. The maximum atomic E-state index is 4.90. The Hall–Kier alpha value is -1.78. The van der Waals surface area contributed by atoms with Gasteiger partial charge >= 0.3 is 0 Å².